The van der Waals surface area contributed by atoms with Crippen molar-refractivity contribution < 1.29 is 4.74 Å². The first-order chi connectivity index (χ1) is 9.78. The molecular weight excluding hydrogens is 246 g/mol. The summed E-state index contributed by atoms with van der Waals surface area (Å²) < 4.78 is 5.25. The Labute approximate surface area is 122 Å². The molecule has 1 aromatic rings. The van der Waals surface area contributed by atoms with Gasteiger partial charge in [-0.1, -0.05) is 31.2 Å². The Bertz CT molecular complexity index is 412. The van der Waals surface area contributed by atoms with Crippen molar-refractivity contribution in [1.29, 1.82) is 0 Å². The maximum Gasteiger partial charge on any atom is 0.0499 e. The van der Waals surface area contributed by atoms with Crippen molar-refractivity contribution in [3.63, 3.8) is 0 Å². The van der Waals surface area contributed by atoms with Crippen molar-refractivity contribution in [3.05, 3.63) is 35.4 Å². The number of fused-ring (bicyclic) bond motifs is 3. The number of methoxy groups -OCH3 is 1. The van der Waals surface area contributed by atoms with Crippen LogP contribution in [0.4, 0.5) is 0 Å². The van der Waals surface area contributed by atoms with Crippen LogP contribution in [0.1, 0.15) is 30.9 Å². The van der Waals surface area contributed by atoms with Crippen molar-refractivity contribution in [1.82, 2.24) is 5.32 Å². The molecule has 20 heavy (non-hydrogen) atoms. The molecule has 2 aliphatic carbocycles. The fraction of sp³-hybridized carbons (Fsp3) is 0.667. The van der Waals surface area contributed by atoms with E-state index in [2.05, 4.69) is 36.5 Å². The summed E-state index contributed by atoms with van der Waals surface area (Å²) in [6.45, 7) is 4.21. The van der Waals surface area contributed by atoms with Gasteiger partial charge in [-0.25, -0.2) is 0 Å². The summed E-state index contributed by atoms with van der Waals surface area (Å²) in [7, 11) is 1.79. The number of hydrogen-bond donors (Lipinski definition) is 1. The predicted molar refractivity (Wildman–Crippen MR) is 82.9 cm³/mol. The van der Waals surface area contributed by atoms with Gasteiger partial charge < -0.3 is 10.1 Å². The third-order valence-electron chi connectivity index (χ3n) is 5.16. The lowest BCUT2D eigenvalue weighted by Crippen LogP contribution is -2.40. The Morgan fingerprint density at radius 1 is 1.15 bits per heavy atom. The molecule has 1 saturated carbocycles. The smallest absolute Gasteiger partial charge is 0.0499 e. The molecule has 1 N–H and O–H groups in total. The molecule has 0 spiro atoms. The highest BCUT2D eigenvalue weighted by molar-refractivity contribution is 5.30. The fourth-order valence-corrected chi connectivity index (χ4v) is 4.16. The maximum absolute atomic E-state index is 5.25. The lowest BCUT2D eigenvalue weighted by Gasteiger charge is -2.25. The van der Waals surface area contributed by atoms with Crippen LogP contribution in [0.25, 0.3) is 0 Å². The van der Waals surface area contributed by atoms with Crippen LogP contribution >= 0.6 is 0 Å². The second-order valence-electron chi connectivity index (χ2n) is 6.77. The summed E-state index contributed by atoms with van der Waals surface area (Å²) >= 11 is 0. The first kappa shape index (κ1) is 14.1. The van der Waals surface area contributed by atoms with Crippen LogP contribution in [0.15, 0.2) is 24.3 Å². The zero-order chi connectivity index (χ0) is 13.9. The number of rotatable bonds is 5. The van der Waals surface area contributed by atoms with E-state index in [4.69, 9.17) is 4.74 Å². The highest BCUT2D eigenvalue weighted by Gasteiger charge is 2.38. The molecule has 2 nitrogen and oxygen atoms in total. The van der Waals surface area contributed by atoms with Gasteiger partial charge in [-0.05, 0) is 54.6 Å². The minimum Gasteiger partial charge on any atom is -0.384 e. The van der Waals surface area contributed by atoms with Gasteiger partial charge in [0, 0.05) is 26.3 Å². The van der Waals surface area contributed by atoms with E-state index in [0.717, 1.165) is 25.0 Å². The van der Waals surface area contributed by atoms with Crippen molar-refractivity contribution in [2.24, 2.45) is 17.8 Å². The second-order valence-corrected chi connectivity index (χ2v) is 6.77. The quantitative estimate of drug-likeness (QED) is 0.890. The van der Waals surface area contributed by atoms with E-state index in [0.29, 0.717) is 12.0 Å². The van der Waals surface area contributed by atoms with Gasteiger partial charge in [-0.2, -0.15) is 0 Å². The highest BCUT2D eigenvalue weighted by atomic mass is 16.5. The monoisotopic (exact) mass is 273 g/mol. The predicted octanol–water partition coefficient (Wildman–Crippen LogP) is 3.05. The Kier molecular flexibility index (Phi) is 4.42. The molecule has 1 fully saturated rings. The van der Waals surface area contributed by atoms with E-state index in [-0.39, 0.29) is 0 Å². The molecule has 2 bridgehead atoms. The fourth-order valence-electron chi connectivity index (χ4n) is 4.16. The van der Waals surface area contributed by atoms with Gasteiger partial charge >= 0.3 is 0 Å². The van der Waals surface area contributed by atoms with Crippen LogP contribution in [0.3, 0.4) is 0 Å². The maximum atomic E-state index is 5.25. The van der Waals surface area contributed by atoms with Crippen molar-refractivity contribution in [2.75, 3.05) is 20.3 Å². The Morgan fingerprint density at radius 2 is 1.75 bits per heavy atom. The molecule has 2 heteroatoms. The molecule has 0 aliphatic heterocycles. The summed E-state index contributed by atoms with van der Waals surface area (Å²) in [6.07, 6.45) is 5.33. The Hall–Kier alpha value is -0.860. The van der Waals surface area contributed by atoms with Crippen LogP contribution in [0.5, 0.6) is 0 Å². The van der Waals surface area contributed by atoms with Crippen molar-refractivity contribution in [3.8, 4) is 0 Å². The molecule has 0 saturated heterocycles. The minimum atomic E-state index is 0.602. The Balaban J connectivity index is 1.66. The Morgan fingerprint density at radius 3 is 2.30 bits per heavy atom. The molecular formula is C18H27NO. The zero-order valence-electron chi connectivity index (χ0n) is 12.8. The van der Waals surface area contributed by atoms with Gasteiger partial charge in [0.1, 0.15) is 0 Å². The summed E-state index contributed by atoms with van der Waals surface area (Å²) in [6, 6.07) is 9.77. The van der Waals surface area contributed by atoms with Gasteiger partial charge in [0.2, 0.25) is 0 Å². The largest absolute Gasteiger partial charge is 0.384 e. The summed E-state index contributed by atoms with van der Waals surface area (Å²) in [5.41, 5.74) is 3.19. The lowest BCUT2D eigenvalue weighted by atomic mass is 9.94. The molecule has 3 atom stereocenters. The van der Waals surface area contributed by atoms with E-state index >= 15 is 0 Å². The molecule has 0 aromatic heterocycles. The average molecular weight is 273 g/mol. The molecule has 3 rings (SSSR count). The van der Waals surface area contributed by atoms with Crippen molar-refractivity contribution in [2.45, 2.75) is 38.6 Å². The van der Waals surface area contributed by atoms with Crippen LogP contribution in [-0.4, -0.2) is 26.3 Å². The van der Waals surface area contributed by atoms with E-state index in [9.17, 15) is 0 Å². The number of benzene rings is 1. The number of ether oxygens (including phenoxy) is 1. The second kappa shape index (κ2) is 6.28. The molecule has 3 unspecified atom stereocenters. The van der Waals surface area contributed by atoms with Gasteiger partial charge in [0.25, 0.3) is 0 Å². The molecule has 0 amide bonds. The average Bonchev–Trinajstić information content (AvgIpc) is 2.71. The number of hydrogen-bond acceptors (Lipinski definition) is 2. The van der Waals surface area contributed by atoms with E-state index < -0.39 is 0 Å². The molecule has 110 valence electrons. The van der Waals surface area contributed by atoms with Gasteiger partial charge in [-0.3, -0.25) is 0 Å². The van der Waals surface area contributed by atoms with Gasteiger partial charge in [0.15, 0.2) is 0 Å². The molecule has 2 aliphatic rings. The summed E-state index contributed by atoms with van der Waals surface area (Å²) in [4.78, 5) is 0. The standard InChI is InChI=1S/C18H27NO/c1-13(12-20-2)11-19-18-16-7-8-17(18)10-15-6-4-3-5-14(15)9-16/h3-6,13,16-19H,7-12H2,1-2H3. The zero-order valence-corrected chi connectivity index (χ0v) is 12.8. The third-order valence-corrected chi connectivity index (χ3v) is 5.16. The van der Waals surface area contributed by atoms with E-state index in [1.807, 2.05) is 0 Å². The molecule has 0 radical (unpaired) electrons. The van der Waals surface area contributed by atoms with Crippen LogP contribution in [-0.2, 0) is 17.6 Å². The normalized spacial score (nSPS) is 29.8. The van der Waals surface area contributed by atoms with Gasteiger partial charge in [0.05, 0.1) is 0 Å². The topological polar surface area (TPSA) is 21.3 Å². The minimum absolute atomic E-state index is 0.602. The van der Waals surface area contributed by atoms with E-state index in [1.165, 1.54) is 25.7 Å². The highest BCUT2D eigenvalue weighted by Crippen LogP contribution is 2.40. The molecule has 1 aromatic carbocycles. The third kappa shape index (κ3) is 2.91. The summed E-state index contributed by atoms with van der Waals surface area (Å²) in [5.74, 6) is 2.27. The lowest BCUT2D eigenvalue weighted by molar-refractivity contribution is 0.154. The van der Waals surface area contributed by atoms with E-state index in [1.54, 1.807) is 18.2 Å². The molecule has 0 heterocycles. The van der Waals surface area contributed by atoms with Crippen molar-refractivity contribution >= 4 is 0 Å². The number of nitrogens with one attached hydrogen (secondary N) is 1. The first-order valence-corrected chi connectivity index (χ1v) is 8.07. The summed E-state index contributed by atoms with van der Waals surface area (Å²) in [5, 5.41) is 3.86. The first-order valence-electron chi connectivity index (χ1n) is 8.07. The van der Waals surface area contributed by atoms with Crippen LogP contribution in [0, 0.1) is 17.8 Å². The van der Waals surface area contributed by atoms with Crippen LogP contribution in [0.2, 0.25) is 0 Å². The SMILES string of the molecule is COCC(C)CNC1C2CCC1Cc1ccccc1C2. The van der Waals surface area contributed by atoms with Crippen LogP contribution < -0.4 is 5.32 Å². The van der Waals surface area contributed by atoms with Gasteiger partial charge in [-0.15, -0.1) is 0 Å².